The summed E-state index contributed by atoms with van der Waals surface area (Å²) in [5.41, 5.74) is 15.7. The Labute approximate surface area is 355 Å². The predicted octanol–water partition coefficient (Wildman–Crippen LogP) is 13.2. The lowest BCUT2D eigenvalue weighted by molar-refractivity contribution is -0.164. The number of hydrogen-bond donors (Lipinski definition) is 2. The molecule has 320 valence electrons. The lowest BCUT2D eigenvalue weighted by Gasteiger charge is -2.63. The number of fused-ring (bicyclic) bond motifs is 5. The highest BCUT2D eigenvalue weighted by Crippen LogP contribution is 2.69. The molecule has 5 saturated carbocycles. The Bertz CT molecular complexity index is 1850. The lowest BCUT2D eigenvalue weighted by Crippen LogP contribution is -2.59. The van der Waals surface area contributed by atoms with Gasteiger partial charge < -0.3 is 25.7 Å². The Morgan fingerprint density at radius 2 is 1.41 bits per heavy atom. The van der Waals surface area contributed by atoms with E-state index in [1.807, 2.05) is 54.6 Å². The molecule has 0 heterocycles. The number of esters is 1. The van der Waals surface area contributed by atoms with Crippen molar-refractivity contribution in [3.05, 3.63) is 78.4 Å². The second kappa shape index (κ2) is 18.1. The van der Waals surface area contributed by atoms with Crippen molar-refractivity contribution >= 4 is 17.3 Å². The quantitative estimate of drug-likeness (QED) is 0.0729. The van der Waals surface area contributed by atoms with Crippen LogP contribution in [0.25, 0.3) is 0 Å². The van der Waals surface area contributed by atoms with Crippen molar-refractivity contribution in [3.8, 4) is 17.2 Å². The molecule has 3 aromatic rings. The monoisotopic (exact) mass is 803 g/mol. The molecule has 0 spiro atoms. The number of nitrogen functional groups attached to an aromatic ring is 2. The molecule has 0 saturated heterocycles. The Morgan fingerprint density at radius 1 is 0.729 bits per heavy atom. The highest BCUT2D eigenvalue weighted by Gasteiger charge is 2.63. The molecule has 0 aromatic heterocycles. The first-order chi connectivity index (χ1) is 28.5. The molecule has 6 nitrogen and oxygen atoms in total. The average Bonchev–Trinajstić information content (AvgIpc) is 3.59. The SMILES string of the molecule is CCCCCC1CCC(c2ccc(OC(=O)CC[C@@H](C)[C@H]3CC[C@H]4[C@@H]5CC(Oc6cccc(N)c6)C6CC(Oc7cccc(N)c7)CC[C@]6(C)[C@H]5CC[C@]34C)cc2)CC1. The van der Waals surface area contributed by atoms with E-state index in [4.69, 9.17) is 25.7 Å². The zero-order valence-electron chi connectivity index (χ0n) is 36.7. The van der Waals surface area contributed by atoms with Gasteiger partial charge in [-0.25, -0.2) is 0 Å². The Morgan fingerprint density at radius 3 is 2.10 bits per heavy atom. The summed E-state index contributed by atoms with van der Waals surface area (Å²) < 4.78 is 19.6. The zero-order chi connectivity index (χ0) is 41.1. The number of carbonyl (C=O) groups is 1. The number of nitrogens with two attached hydrogens (primary N) is 2. The number of hydrogen-bond acceptors (Lipinski definition) is 6. The second-order valence-corrected chi connectivity index (χ2v) is 20.5. The normalized spacial score (nSPS) is 34.5. The minimum absolute atomic E-state index is 0.0938. The van der Waals surface area contributed by atoms with E-state index in [-0.39, 0.29) is 29.0 Å². The van der Waals surface area contributed by atoms with E-state index < -0.39 is 0 Å². The minimum Gasteiger partial charge on any atom is -0.490 e. The van der Waals surface area contributed by atoms with Gasteiger partial charge in [-0.2, -0.15) is 0 Å². The van der Waals surface area contributed by atoms with Crippen molar-refractivity contribution < 1.29 is 19.0 Å². The van der Waals surface area contributed by atoms with Gasteiger partial charge >= 0.3 is 5.97 Å². The molecule has 3 aromatic carbocycles. The topological polar surface area (TPSA) is 96.8 Å². The molecule has 5 aliphatic rings. The summed E-state index contributed by atoms with van der Waals surface area (Å²) in [5, 5.41) is 0. The van der Waals surface area contributed by atoms with Crippen LogP contribution in [0.5, 0.6) is 17.2 Å². The second-order valence-electron chi connectivity index (χ2n) is 20.5. The molecule has 0 radical (unpaired) electrons. The van der Waals surface area contributed by atoms with E-state index in [0.29, 0.717) is 53.6 Å². The molecule has 3 unspecified atom stereocenters. The van der Waals surface area contributed by atoms with Crippen LogP contribution in [0.15, 0.2) is 72.8 Å². The third kappa shape index (κ3) is 9.18. The summed E-state index contributed by atoms with van der Waals surface area (Å²) in [6, 6.07) is 24.4. The Hall–Kier alpha value is -3.67. The van der Waals surface area contributed by atoms with Gasteiger partial charge in [0.25, 0.3) is 0 Å². The van der Waals surface area contributed by atoms with Crippen LogP contribution in [0.4, 0.5) is 11.4 Å². The van der Waals surface area contributed by atoms with Crippen molar-refractivity contribution in [1.29, 1.82) is 0 Å². The fourth-order valence-electron chi connectivity index (χ4n) is 14.0. The molecular formula is C53H74N2O4. The van der Waals surface area contributed by atoms with E-state index in [9.17, 15) is 4.79 Å². The molecule has 0 aliphatic heterocycles. The summed E-state index contributed by atoms with van der Waals surface area (Å²) in [7, 11) is 0. The summed E-state index contributed by atoms with van der Waals surface area (Å²) in [6.07, 6.45) is 21.7. The van der Waals surface area contributed by atoms with Gasteiger partial charge in [-0.05, 0) is 178 Å². The first kappa shape index (κ1) is 42.0. The van der Waals surface area contributed by atoms with Gasteiger partial charge in [-0.3, -0.25) is 4.79 Å². The predicted molar refractivity (Wildman–Crippen MR) is 240 cm³/mol. The van der Waals surface area contributed by atoms with Gasteiger partial charge in [0, 0.05) is 35.8 Å². The van der Waals surface area contributed by atoms with Gasteiger partial charge in [0.1, 0.15) is 23.4 Å². The van der Waals surface area contributed by atoms with Crippen molar-refractivity contribution in [2.75, 3.05) is 11.5 Å². The number of anilines is 2. The summed E-state index contributed by atoms with van der Waals surface area (Å²) in [5.74, 6) is 7.35. The highest BCUT2D eigenvalue weighted by atomic mass is 16.5. The molecule has 4 N–H and O–H groups in total. The van der Waals surface area contributed by atoms with Crippen LogP contribution in [-0.4, -0.2) is 18.2 Å². The van der Waals surface area contributed by atoms with Crippen molar-refractivity contribution in [2.45, 2.75) is 161 Å². The first-order valence-corrected chi connectivity index (χ1v) is 23.9. The van der Waals surface area contributed by atoms with E-state index in [0.717, 1.165) is 60.9 Å². The van der Waals surface area contributed by atoms with Gasteiger partial charge in [-0.1, -0.05) is 77.6 Å². The minimum atomic E-state index is -0.0938. The number of ether oxygens (including phenoxy) is 3. The maximum Gasteiger partial charge on any atom is 0.311 e. The van der Waals surface area contributed by atoms with Gasteiger partial charge in [-0.15, -0.1) is 0 Å². The van der Waals surface area contributed by atoms with Crippen molar-refractivity contribution in [2.24, 2.45) is 52.3 Å². The van der Waals surface area contributed by atoms with Crippen LogP contribution in [0.2, 0.25) is 0 Å². The Balaban J connectivity index is 0.886. The molecule has 8 rings (SSSR count). The van der Waals surface area contributed by atoms with Crippen molar-refractivity contribution in [3.63, 3.8) is 0 Å². The summed E-state index contributed by atoms with van der Waals surface area (Å²) in [4.78, 5) is 13.3. The molecule has 6 heteroatoms. The maximum absolute atomic E-state index is 13.3. The summed E-state index contributed by atoms with van der Waals surface area (Å²) >= 11 is 0. The first-order valence-electron chi connectivity index (χ1n) is 23.9. The molecule has 5 fully saturated rings. The molecule has 0 amide bonds. The third-order valence-corrected chi connectivity index (χ3v) is 17.1. The molecule has 0 bridgehead atoms. The lowest BCUT2D eigenvalue weighted by atomic mass is 9.43. The van der Waals surface area contributed by atoms with Crippen LogP contribution < -0.4 is 25.7 Å². The Kier molecular flexibility index (Phi) is 12.9. The fraction of sp³-hybridized carbons (Fsp3) is 0.642. The molecular weight excluding hydrogens is 729 g/mol. The maximum atomic E-state index is 13.3. The van der Waals surface area contributed by atoms with E-state index >= 15 is 0 Å². The van der Waals surface area contributed by atoms with Crippen LogP contribution in [0.3, 0.4) is 0 Å². The van der Waals surface area contributed by atoms with Crippen molar-refractivity contribution in [1.82, 2.24) is 0 Å². The summed E-state index contributed by atoms with van der Waals surface area (Å²) in [6.45, 7) is 9.91. The van der Waals surface area contributed by atoms with Gasteiger partial charge in [0.15, 0.2) is 0 Å². The van der Waals surface area contributed by atoms with Crippen LogP contribution in [0, 0.1) is 52.3 Å². The standard InChI is InChI=1S/C53H74N2O4/c1-5-6-7-10-36-16-18-37(19-17-36)38-20-22-41(23-21-38)59-51(56)26-15-35(2)46-24-25-47-45-34-50(58-43-14-9-12-40(55)32-43)49-33-44(57-42-13-8-11-39(54)31-42)27-29-53(49,4)48(45)28-30-52(46,47)3/h8-9,11-14,20-23,31-32,35-37,44-50H,5-7,10,15-19,24-30,33-34,54-55H2,1-4H3/t35-,36?,37?,44?,45+,46-,47+,48+,49?,50?,52-,53-/m1/s1. The smallest absolute Gasteiger partial charge is 0.311 e. The van der Waals surface area contributed by atoms with Crippen LogP contribution in [0.1, 0.15) is 155 Å². The molecule has 59 heavy (non-hydrogen) atoms. The third-order valence-electron chi connectivity index (χ3n) is 17.1. The average molecular weight is 803 g/mol. The van der Waals surface area contributed by atoms with Gasteiger partial charge in [0.05, 0.1) is 6.10 Å². The van der Waals surface area contributed by atoms with Crippen LogP contribution >= 0.6 is 0 Å². The zero-order valence-corrected chi connectivity index (χ0v) is 36.7. The fourth-order valence-corrected chi connectivity index (χ4v) is 14.0. The van der Waals surface area contributed by atoms with Crippen LogP contribution in [-0.2, 0) is 4.79 Å². The van der Waals surface area contributed by atoms with E-state index in [1.165, 1.54) is 82.6 Å². The largest absolute Gasteiger partial charge is 0.490 e. The molecule has 5 aliphatic carbocycles. The van der Waals surface area contributed by atoms with Gasteiger partial charge in [0.2, 0.25) is 0 Å². The number of carbonyl (C=O) groups excluding carboxylic acids is 1. The van der Waals surface area contributed by atoms with E-state index in [2.05, 4.69) is 45.9 Å². The van der Waals surface area contributed by atoms with E-state index in [1.54, 1.807) is 0 Å². The number of rotatable bonds is 14. The number of unbranched alkanes of at least 4 members (excludes halogenated alkanes) is 2. The molecule has 10 atom stereocenters. The highest BCUT2D eigenvalue weighted by molar-refractivity contribution is 5.72. The number of benzene rings is 3.